The molecule has 148 valence electrons. The third-order valence-corrected chi connectivity index (χ3v) is 5.01. The van der Waals surface area contributed by atoms with E-state index in [1.54, 1.807) is 7.11 Å². The third kappa shape index (κ3) is 5.60. The Bertz CT molecular complexity index is 719. The molecule has 2 unspecified atom stereocenters. The number of hydrogen-bond donors (Lipinski definition) is 1. The maximum absolute atomic E-state index is 5.31. The summed E-state index contributed by atoms with van der Waals surface area (Å²) < 4.78 is 7.53. The first-order chi connectivity index (χ1) is 12.7. The molecule has 0 spiro atoms. The van der Waals surface area contributed by atoms with Crippen molar-refractivity contribution in [2.75, 3.05) is 26.7 Å². The first-order valence-electron chi connectivity index (χ1n) is 9.35. The predicted octanol–water partition coefficient (Wildman–Crippen LogP) is 3.56. The lowest BCUT2D eigenvalue weighted by Gasteiger charge is -2.39. The molecule has 2 atom stereocenters. The number of methoxy groups -OCH3 is 1. The number of aromatic nitrogens is 2. The fraction of sp³-hybridized carbons (Fsp3) is 0.500. The molecule has 0 aliphatic carbocycles. The smallest absolute Gasteiger partial charge is 0.194 e. The number of likely N-dealkylation sites (tertiary alicyclic amines) is 1. The number of benzene rings is 1. The monoisotopic (exact) mass is 483 g/mol. The van der Waals surface area contributed by atoms with E-state index in [4.69, 9.17) is 9.73 Å². The van der Waals surface area contributed by atoms with Gasteiger partial charge in [0.2, 0.25) is 0 Å². The largest absolute Gasteiger partial charge is 0.497 e. The number of guanidine groups is 1. The Balaban J connectivity index is 0.00000261. The van der Waals surface area contributed by atoms with Gasteiger partial charge in [0.25, 0.3) is 0 Å². The van der Waals surface area contributed by atoms with Crippen molar-refractivity contribution in [1.29, 1.82) is 0 Å². The summed E-state index contributed by atoms with van der Waals surface area (Å²) in [6.45, 7) is 7.90. The highest BCUT2D eigenvalue weighted by Gasteiger charge is 2.28. The standard InChI is InChI=1S/C20H29N5O.HI/c1-4-22-20(23-13-17-6-5-7-18(12-17)26-3)24-10-8-16(2)19(14-24)25-11-9-21-15-25;/h5-7,9,11-12,15-16,19H,4,8,10,13-14H2,1-3H3,(H,22,23);1H. The highest BCUT2D eigenvalue weighted by atomic mass is 127. The van der Waals surface area contributed by atoms with Crippen LogP contribution in [0, 0.1) is 5.92 Å². The molecule has 2 heterocycles. The minimum absolute atomic E-state index is 0. The fourth-order valence-corrected chi connectivity index (χ4v) is 3.46. The van der Waals surface area contributed by atoms with Gasteiger partial charge in [-0.15, -0.1) is 24.0 Å². The summed E-state index contributed by atoms with van der Waals surface area (Å²) >= 11 is 0. The molecule has 27 heavy (non-hydrogen) atoms. The number of halogens is 1. The minimum atomic E-state index is 0. The number of rotatable bonds is 5. The molecule has 2 aromatic rings. The van der Waals surface area contributed by atoms with Gasteiger partial charge in [-0.3, -0.25) is 0 Å². The number of ether oxygens (including phenoxy) is 1. The van der Waals surface area contributed by atoms with E-state index in [1.807, 2.05) is 30.7 Å². The number of imidazole rings is 1. The predicted molar refractivity (Wildman–Crippen MR) is 120 cm³/mol. The highest BCUT2D eigenvalue weighted by molar-refractivity contribution is 14.0. The second-order valence-corrected chi connectivity index (χ2v) is 6.81. The van der Waals surface area contributed by atoms with Crippen LogP contribution >= 0.6 is 24.0 Å². The van der Waals surface area contributed by atoms with Gasteiger partial charge in [0, 0.05) is 32.0 Å². The van der Waals surface area contributed by atoms with E-state index < -0.39 is 0 Å². The molecule has 0 bridgehead atoms. The molecular weight excluding hydrogens is 453 g/mol. The number of nitrogens with one attached hydrogen (secondary N) is 1. The van der Waals surface area contributed by atoms with Crippen LogP contribution in [0.15, 0.2) is 48.0 Å². The lowest BCUT2D eigenvalue weighted by atomic mass is 9.93. The number of piperidine rings is 1. The van der Waals surface area contributed by atoms with E-state index in [9.17, 15) is 0 Å². The van der Waals surface area contributed by atoms with Crippen LogP contribution in [-0.4, -0.2) is 47.2 Å². The van der Waals surface area contributed by atoms with Gasteiger partial charge in [-0.25, -0.2) is 9.98 Å². The van der Waals surface area contributed by atoms with Crippen molar-refractivity contribution < 1.29 is 4.74 Å². The van der Waals surface area contributed by atoms with E-state index in [-0.39, 0.29) is 24.0 Å². The summed E-state index contributed by atoms with van der Waals surface area (Å²) in [6, 6.07) is 8.52. The van der Waals surface area contributed by atoms with Gasteiger partial charge in [0.15, 0.2) is 5.96 Å². The zero-order chi connectivity index (χ0) is 18.4. The Morgan fingerprint density at radius 1 is 1.41 bits per heavy atom. The lowest BCUT2D eigenvalue weighted by Crippen LogP contribution is -2.49. The summed E-state index contributed by atoms with van der Waals surface area (Å²) in [5.74, 6) is 2.48. The van der Waals surface area contributed by atoms with Crippen molar-refractivity contribution in [2.45, 2.75) is 32.9 Å². The Hall–Kier alpha value is -1.77. The van der Waals surface area contributed by atoms with Gasteiger partial charge >= 0.3 is 0 Å². The molecule has 0 saturated carbocycles. The average molecular weight is 483 g/mol. The second kappa shape index (κ2) is 10.5. The maximum atomic E-state index is 5.31. The zero-order valence-electron chi connectivity index (χ0n) is 16.3. The summed E-state index contributed by atoms with van der Waals surface area (Å²) in [5, 5.41) is 3.45. The van der Waals surface area contributed by atoms with Crippen LogP contribution in [0.5, 0.6) is 5.75 Å². The molecule has 1 N–H and O–H groups in total. The number of aliphatic imine (C=N–C) groups is 1. The molecule has 0 amide bonds. The van der Waals surface area contributed by atoms with Gasteiger partial charge in [-0.1, -0.05) is 19.1 Å². The Morgan fingerprint density at radius 2 is 2.26 bits per heavy atom. The Kier molecular flexibility index (Phi) is 8.40. The van der Waals surface area contributed by atoms with Crippen LogP contribution in [0.4, 0.5) is 0 Å². The van der Waals surface area contributed by atoms with Crippen molar-refractivity contribution in [3.63, 3.8) is 0 Å². The van der Waals surface area contributed by atoms with Crippen LogP contribution in [0.25, 0.3) is 0 Å². The molecule has 0 radical (unpaired) electrons. The molecule has 1 aromatic heterocycles. The van der Waals surface area contributed by atoms with Crippen LogP contribution < -0.4 is 10.1 Å². The molecular formula is C20H30IN5O. The normalized spacial score (nSPS) is 20.1. The molecule has 1 saturated heterocycles. The van der Waals surface area contributed by atoms with E-state index in [2.05, 4.69) is 45.9 Å². The molecule has 1 fully saturated rings. The van der Waals surface area contributed by atoms with E-state index in [0.717, 1.165) is 43.3 Å². The lowest BCUT2D eigenvalue weighted by molar-refractivity contribution is 0.189. The Labute approximate surface area is 179 Å². The summed E-state index contributed by atoms with van der Waals surface area (Å²) in [4.78, 5) is 11.5. The summed E-state index contributed by atoms with van der Waals surface area (Å²) in [7, 11) is 1.69. The molecule has 6 nitrogen and oxygen atoms in total. The van der Waals surface area contributed by atoms with Gasteiger partial charge in [0.05, 0.1) is 26.0 Å². The first-order valence-corrected chi connectivity index (χ1v) is 9.35. The van der Waals surface area contributed by atoms with Gasteiger partial charge < -0.3 is 19.5 Å². The number of hydrogen-bond acceptors (Lipinski definition) is 3. The molecule has 1 aliphatic heterocycles. The third-order valence-electron chi connectivity index (χ3n) is 5.01. The molecule has 7 heteroatoms. The van der Waals surface area contributed by atoms with Crippen LogP contribution in [0.3, 0.4) is 0 Å². The van der Waals surface area contributed by atoms with Crippen molar-refractivity contribution in [1.82, 2.24) is 19.8 Å². The second-order valence-electron chi connectivity index (χ2n) is 6.81. The van der Waals surface area contributed by atoms with E-state index in [1.165, 1.54) is 0 Å². The van der Waals surface area contributed by atoms with Crippen LogP contribution in [0.1, 0.15) is 31.9 Å². The van der Waals surface area contributed by atoms with Crippen molar-refractivity contribution in [3.8, 4) is 5.75 Å². The van der Waals surface area contributed by atoms with Crippen LogP contribution in [-0.2, 0) is 6.54 Å². The topological polar surface area (TPSA) is 54.7 Å². The molecule has 1 aliphatic rings. The van der Waals surface area contributed by atoms with Crippen LogP contribution in [0.2, 0.25) is 0 Å². The summed E-state index contributed by atoms with van der Waals surface area (Å²) in [5.41, 5.74) is 1.15. The maximum Gasteiger partial charge on any atom is 0.194 e. The van der Waals surface area contributed by atoms with Gasteiger partial charge in [-0.05, 0) is 37.0 Å². The van der Waals surface area contributed by atoms with E-state index >= 15 is 0 Å². The minimum Gasteiger partial charge on any atom is -0.497 e. The van der Waals surface area contributed by atoms with Crippen molar-refractivity contribution in [3.05, 3.63) is 48.5 Å². The quantitative estimate of drug-likeness (QED) is 0.402. The molecule has 1 aromatic carbocycles. The van der Waals surface area contributed by atoms with Crippen molar-refractivity contribution in [2.24, 2.45) is 10.9 Å². The van der Waals surface area contributed by atoms with Gasteiger partial charge in [0.1, 0.15) is 5.75 Å². The number of nitrogens with zero attached hydrogens (tertiary/aromatic N) is 4. The first kappa shape index (κ1) is 21.5. The molecule has 3 rings (SSSR count). The fourth-order valence-electron chi connectivity index (χ4n) is 3.46. The van der Waals surface area contributed by atoms with Gasteiger partial charge in [-0.2, -0.15) is 0 Å². The van der Waals surface area contributed by atoms with E-state index in [0.29, 0.717) is 18.5 Å². The average Bonchev–Trinajstić information content (AvgIpc) is 3.20. The highest BCUT2D eigenvalue weighted by Crippen LogP contribution is 2.27. The Morgan fingerprint density at radius 3 is 2.96 bits per heavy atom. The summed E-state index contributed by atoms with van der Waals surface area (Å²) in [6.07, 6.45) is 6.98. The zero-order valence-corrected chi connectivity index (χ0v) is 18.7. The van der Waals surface area contributed by atoms with Crippen molar-refractivity contribution >= 4 is 29.9 Å². The SMILES string of the molecule is CCNC(=NCc1cccc(OC)c1)N1CCC(C)C(n2ccnc2)C1.I.